The number of esters is 1. The molecule has 9 nitrogen and oxygen atoms in total. The molecule has 7 N–H and O–H groups in total. The number of nitrogens with two attached hydrogens (primary N) is 2. The molecule has 2 fully saturated rings. The van der Waals surface area contributed by atoms with Crippen LogP contribution < -0.4 is 27.4 Å². The molecule has 2 saturated heterocycles. The smallest absolute Gasteiger partial charge is 0.312 e. The Bertz CT molecular complexity index is 429. The van der Waals surface area contributed by atoms with E-state index < -0.39 is 12.2 Å². The van der Waals surface area contributed by atoms with E-state index in [1.54, 1.807) is 6.92 Å². The Labute approximate surface area is 142 Å². The third kappa shape index (κ3) is 5.12. The van der Waals surface area contributed by atoms with Crippen molar-refractivity contribution in [2.24, 2.45) is 17.4 Å². The second kappa shape index (κ2) is 9.28. The number of nitrogens with zero attached hydrogens (tertiary/aromatic N) is 1. The maximum atomic E-state index is 12.3. The summed E-state index contributed by atoms with van der Waals surface area (Å²) in [5.41, 5.74) is 12.1. The molecular formula is C15H30N6O3. The minimum atomic E-state index is -0.642. The SMILES string of the molecule is CCOC(=O)C1CCNC1NC(=O)C(N)CCC(N)N1CCNC1. The third-order valence-electron chi connectivity index (χ3n) is 4.58. The van der Waals surface area contributed by atoms with E-state index in [2.05, 4.69) is 20.9 Å². The number of amides is 1. The van der Waals surface area contributed by atoms with Crippen molar-refractivity contribution in [1.82, 2.24) is 20.9 Å². The summed E-state index contributed by atoms with van der Waals surface area (Å²) in [5, 5.41) is 9.15. The molecule has 0 aromatic rings. The van der Waals surface area contributed by atoms with E-state index >= 15 is 0 Å². The van der Waals surface area contributed by atoms with Crippen LogP contribution in [0.4, 0.5) is 0 Å². The minimum absolute atomic E-state index is 0.101. The van der Waals surface area contributed by atoms with Gasteiger partial charge in [-0.2, -0.15) is 0 Å². The van der Waals surface area contributed by atoms with Gasteiger partial charge in [0.2, 0.25) is 5.91 Å². The maximum absolute atomic E-state index is 12.3. The van der Waals surface area contributed by atoms with Crippen LogP contribution >= 0.6 is 0 Å². The summed E-state index contributed by atoms with van der Waals surface area (Å²) in [5.74, 6) is -0.917. The second-order valence-electron chi connectivity index (χ2n) is 6.31. The summed E-state index contributed by atoms with van der Waals surface area (Å²) in [6.07, 6.45) is 1.27. The van der Waals surface area contributed by atoms with Crippen molar-refractivity contribution < 1.29 is 14.3 Å². The average Bonchev–Trinajstić information content (AvgIpc) is 3.23. The Morgan fingerprint density at radius 3 is 2.79 bits per heavy atom. The van der Waals surface area contributed by atoms with E-state index in [0.717, 1.165) is 19.8 Å². The maximum Gasteiger partial charge on any atom is 0.312 e. The lowest BCUT2D eigenvalue weighted by Crippen LogP contribution is -2.53. The van der Waals surface area contributed by atoms with Crippen LogP contribution in [-0.2, 0) is 14.3 Å². The van der Waals surface area contributed by atoms with Gasteiger partial charge in [-0.1, -0.05) is 0 Å². The van der Waals surface area contributed by atoms with Gasteiger partial charge in [0.05, 0.1) is 30.9 Å². The number of ether oxygens (including phenoxy) is 1. The molecule has 4 atom stereocenters. The van der Waals surface area contributed by atoms with Crippen LogP contribution in [0.25, 0.3) is 0 Å². The van der Waals surface area contributed by atoms with Gasteiger partial charge in [-0.15, -0.1) is 0 Å². The van der Waals surface area contributed by atoms with Crippen LogP contribution in [0.2, 0.25) is 0 Å². The molecule has 1 amide bonds. The molecule has 2 heterocycles. The summed E-state index contributed by atoms with van der Waals surface area (Å²) >= 11 is 0. The van der Waals surface area contributed by atoms with Crippen molar-refractivity contribution in [3.05, 3.63) is 0 Å². The topological polar surface area (TPSA) is 135 Å². The Morgan fingerprint density at radius 1 is 1.33 bits per heavy atom. The summed E-state index contributed by atoms with van der Waals surface area (Å²) in [4.78, 5) is 26.3. The second-order valence-corrected chi connectivity index (χ2v) is 6.31. The predicted octanol–water partition coefficient (Wildman–Crippen LogP) is -2.14. The van der Waals surface area contributed by atoms with Crippen molar-refractivity contribution in [2.75, 3.05) is 32.9 Å². The van der Waals surface area contributed by atoms with Crippen LogP contribution in [-0.4, -0.2) is 68.1 Å². The first kappa shape index (κ1) is 19.1. The molecule has 0 aliphatic carbocycles. The Hall–Kier alpha value is -1.26. The van der Waals surface area contributed by atoms with Crippen molar-refractivity contribution in [2.45, 2.75) is 44.6 Å². The van der Waals surface area contributed by atoms with Crippen LogP contribution in [0.3, 0.4) is 0 Å². The van der Waals surface area contributed by atoms with E-state index in [-0.39, 0.29) is 24.0 Å². The van der Waals surface area contributed by atoms with Gasteiger partial charge in [-0.25, -0.2) is 0 Å². The van der Waals surface area contributed by atoms with Gasteiger partial charge < -0.3 is 26.8 Å². The number of rotatable bonds is 8. The summed E-state index contributed by atoms with van der Waals surface area (Å²) < 4.78 is 5.04. The van der Waals surface area contributed by atoms with Gasteiger partial charge in [-0.3, -0.25) is 19.8 Å². The molecule has 4 unspecified atom stereocenters. The molecule has 0 radical (unpaired) electrons. The van der Waals surface area contributed by atoms with Gasteiger partial charge in [0.15, 0.2) is 0 Å². The molecule has 9 heteroatoms. The minimum Gasteiger partial charge on any atom is -0.466 e. The fourth-order valence-electron chi connectivity index (χ4n) is 3.09. The number of carbonyl (C=O) groups excluding carboxylic acids is 2. The van der Waals surface area contributed by atoms with Crippen molar-refractivity contribution in [1.29, 1.82) is 0 Å². The van der Waals surface area contributed by atoms with Crippen LogP contribution in [0.1, 0.15) is 26.2 Å². The Balaban J connectivity index is 1.75. The molecule has 0 aromatic carbocycles. The van der Waals surface area contributed by atoms with Gasteiger partial charge in [-0.05, 0) is 32.7 Å². The normalized spacial score (nSPS) is 27.0. The van der Waals surface area contributed by atoms with E-state index in [4.69, 9.17) is 16.2 Å². The first-order chi connectivity index (χ1) is 11.5. The first-order valence-electron chi connectivity index (χ1n) is 8.69. The number of hydrogen-bond donors (Lipinski definition) is 5. The number of carbonyl (C=O) groups is 2. The summed E-state index contributed by atoms with van der Waals surface area (Å²) in [7, 11) is 0. The molecule has 0 spiro atoms. The van der Waals surface area contributed by atoms with Crippen molar-refractivity contribution >= 4 is 11.9 Å². The van der Waals surface area contributed by atoms with Gasteiger partial charge in [0, 0.05) is 19.8 Å². The highest BCUT2D eigenvalue weighted by Gasteiger charge is 2.35. The lowest BCUT2D eigenvalue weighted by molar-refractivity contribution is -0.148. The highest BCUT2D eigenvalue weighted by molar-refractivity contribution is 5.83. The Morgan fingerprint density at radius 2 is 2.12 bits per heavy atom. The molecule has 0 saturated carbocycles. The average molecular weight is 342 g/mol. The zero-order valence-electron chi connectivity index (χ0n) is 14.3. The van der Waals surface area contributed by atoms with Crippen LogP contribution in [0.5, 0.6) is 0 Å². The first-order valence-corrected chi connectivity index (χ1v) is 8.69. The molecule has 0 aromatic heterocycles. The molecule has 2 aliphatic rings. The lowest BCUT2D eigenvalue weighted by Gasteiger charge is -2.25. The van der Waals surface area contributed by atoms with E-state index in [1.807, 2.05) is 0 Å². The fraction of sp³-hybridized carbons (Fsp3) is 0.867. The fourth-order valence-corrected chi connectivity index (χ4v) is 3.09. The highest BCUT2D eigenvalue weighted by Crippen LogP contribution is 2.16. The molecule has 24 heavy (non-hydrogen) atoms. The largest absolute Gasteiger partial charge is 0.466 e. The van der Waals surface area contributed by atoms with Crippen LogP contribution in [0, 0.1) is 5.92 Å². The highest BCUT2D eigenvalue weighted by atomic mass is 16.5. The van der Waals surface area contributed by atoms with E-state index in [1.165, 1.54) is 0 Å². The van der Waals surface area contributed by atoms with Gasteiger partial charge in [0.1, 0.15) is 0 Å². The Kier molecular flexibility index (Phi) is 7.38. The molecular weight excluding hydrogens is 312 g/mol. The van der Waals surface area contributed by atoms with Gasteiger partial charge >= 0.3 is 5.97 Å². The standard InChI is InChI=1S/C15H30N6O3/c1-2-24-15(23)10-5-6-19-13(10)20-14(22)11(16)3-4-12(17)21-8-7-18-9-21/h10-13,18-19H,2-9,16-17H2,1H3,(H,20,22). The summed E-state index contributed by atoms with van der Waals surface area (Å²) in [6.45, 7) is 5.38. The predicted molar refractivity (Wildman–Crippen MR) is 89.4 cm³/mol. The van der Waals surface area contributed by atoms with Crippen LogP contribution in [0.15, 0.2) is 0 Å². The summed E-state index contributed by atoms with van der Waals surface area (Å²) in [6, 6.07) is -0.642. The number of nitrogens with one attached hydrogen (secondary N) is 3. The monoisotopic (exact) mass is 342 g/mol. The zero-order chi connectivity index (χ0) is 17.5. The molecule has 0 bridgehead atoms. The van der Waals surface area contributed by atoms with Crippen molar-refractivity contribution in [3.8, 4) is 0 Å². The third-order valence-corrected chi connectivity index (χ3v) is 4.58. The van der Waals surface area contributed by atoms with Gasteiger partial charge in [0.25, 0.3) is 0 Å². The number of hydrogen-bond acceptors (Lipinski definition) is 8. The molecule has 2 aliphatic heterocycles. The van der Waals surface area contributed by atoms with Crippen molar-refractivity contribution in [3.63, 3.8) is 0 Å². The zero-order valence-corrected chi connectivity index (χ0v) is 14.3. The lowest BCUT2D eigenvalue weighted by atomic mass is 10.1. The van der Waals surface area contributed by atoms with E-state index in [9.17, 15) is 9.59 Å². The quantitative estimate of drug-likeness (QED) is 0.315. The molecule has 2 rings (SSSR count). The molecule has 138 valence electrons. The van der Waals surface area contributed by atoms with E-state index in [0.29, 0.717) is 32.4 Å².